The lowest BCUT2D eigenvalue weighted by molar-refractivity contribution is -0.114. The monoisotopic (exact) mass is 223 g/mol. The molecule has 3 nitrogen and oxygen atoms in total. The Kier molecular flexibility index (Phi) is 3.28. The van der Waals surface area contributed by atoms with Crippen molar-refractivity contribution in [2.45, 2.75) is 6.04 Å². The minimum absolute atomic E-state index is 0.193. The van der Waals surface area contributed by atoms with Gasteiger partial charge in [-0.05, 0) is 6.07 Å². The molecule has 1 aliphatic heterocycles. The van der Waals surface area contributed by atoms with Gasteiger partial charge in [-0.15, -0.1) is 0 Å². The molecular formula is C11H13NO2S. The van der Waals surface area contributed by atoms with Crippen LogP contribution in [0.25, 0.3) is 0 Å². The molecule has 80 valence electrons. The summed E-state index contributed by atoms with van der Waals surface area (Å²) in [6, 6.07) is 7.46. The van der Waals surface area contributed by atoms with Crippen LogP contribution in [-0.2, 0) is 4.79 Å². The summed E-state index contributed by atoms with van der Waals surface area (Å²) in [4.78, 5) is 13.1. The highest BCUT2D eigenvalue weighted by Gasteiger charge is 2.26. The van der Waals surface area contributed by atoms with Crippen LogP contribution in [0.15, 0.2) is 24.3 Å². The Bertz CT molecular complexity index is 356. The number of nitrogens with zero attached hydrogens (tertiary/aromatic N) is 1. The number of aldehydes is 1. The number of benzene rings is 1. The third-order valence-corrected chi connectivity index (χ3v) is 2.73. The first-order valence-corrected chi connectivity index (χ1v) is 5.52. The van der Waals surface area contributed by atoms with Gasteiger partial charge < -0.3 is 9.53 Å². The zero-order chi connectivity index (χ0) is 10.7. The zero-order valence-electron chi connectivity index (χ0n) is 8.30. The molecule has 0 saturated heterocycles. The van der Waals surface area contributed by atoms with Crippen LogP contribution in [0, 0.1) is 0 Å². The molecular weight excluding hydrogens is 210 g/mol. The summed E-state index contributed by atoms with van der Waals surface area (Å²) in [6.07, 6.45) is 0.963. The molecule has 0 amide bonds. The summed E-state index contributed by atoms with van der Waals surface area (Å²) in [5.74, 6) is 1.53. The van der Waals surface area contributed by atoms with Crippen molar-refractivity contribution in [1.82, 2.24) is 4.90 Å². The standard InChI is InChI=1S/C11H13NO2S/c13-7-10-9-3-1-2-4-11(9)14-8-12(10)5-6-15/h1-4,7,10,15H,5-6,8H2. The van der Waals surface area contributed by atoms with E-state index >= 15 is 0 Å². The molecule has 0 aliphatic carbocycles. The first-order chi connectivity index (χ1) is 7.36. The Balaban J connectivity index is 2.30. The third-order valence-electron chi connectivity index (χ3n) is 2.53. The van der Waals surface area contributed by atoms with Crippen LogP contribution < -0.4 is 4.74 Å². The number of carbonyl (C=O) groups excluding carboxylic acids is 1. The maximum atomic E-state index is 11.1. The molecule has 4 heteroatoms. The van der Waals surface area contributed by atoms with Crippen molar-refractivity contribution in [1.29, 1.82) is 0 Å². The summed E-state index contributed by atoms with van der Waals surface area (Å²) in [6.45, 7) is 1.21. The number of hydrogen-bond donors (Lipinski definition) is 1. The number of carbonyl (C=O) groups is 1. The molecule has 15 heavy (non-hydrogen) atoms. The molecule has 1 unspecified atom stereocenters. The predicted molar refractivity (Wildman–Crippen MR) is 61.3 cm³/mol. The highest BCUT2D eigenvalue weighted by atomic mass is 32.1. The lowest BCUT2D eigenvalue weighted by Crippen LogP contribution is -2.38. The minimum Gasteiger partial charge on any atom is -0.478 e. The van der Waals surface area contributed by atoms with Crippen LogP contribution in [-0.4, -0.2) is 30.2 Å². The molecule has 0 aromatic heterocycles. The Morgan fingerprint density at radius 2 is 2.33 bits per heavy atom. The Labute approximate surface area is 94.4 Å². The number of ether oxygens (including phenoxy) is 1. The zero-order valence-corrected chi connectivity index (χ0v) is 9.19. The first kappa shape index (κ1) is 10.5. The van der Waals surface area contributed by atoms with Gasteiger partial charge in [-0.25, -0.2) is 0 Å². The quantitative estimate of drug-likeness (QED) is 0.622. The molecule has 1 atom stereocenters. The third kappa shape index (κ3) is 2.01. The first-order valence-electron chi connectivity index (χ1n) is 4.88. The van der Waals surface area contributed by atoms with E-state index in [2.05, 4.69) is 12.6 Å². The maximum absolute atomic E-state index is 11.1. The van der Waals surface area contributed by atoms with Gasteiger partial charge in [0.1, 0.15) is 18.8 Å². The van der Waals surface area contributed by atoms with E-state index in [1.807, 2.05) is 29.2 Å². The second-order valence-corrected chi connectivity index (χ2v) is 3.88. The molecule has 0 fully saturated rings. The topological polar surface area (TPSA) is 29.5 Å². The van der Waals surface area contributed by atoms with Crippen LogP contribution in [0.2, 0.25) is 0 Å². The van der Waals surface area contributed by atoms with E-state index in [0.717, 1.165) is 29.9 Å². The van der Waals surface area contributed by atoms with Crippen LogP contribution >= 0.6 is 12.6 Å². The van der Waals surface area contributed by atoms with Gasteiger partial charge in [0, 0.05) is 17.9 Å². The van der Waals surface area contributed by atoms with E-state index in [1.54, 1.807) is 0 Å². The van der Waals surface area contributed by atoms with Gasteiger partial charge >= 0.3 is 0 Å². The summed E-state index contributed by atoms with van der Waals surface area (Å²) in [5, 5.41) is 0. The summed E-state index contributed by atoms with van der Waals surface area (Å²) >= 11 is 4.17. The Hall–Kier alpha value is -1.00. The van der Waals surface area contributed by atoms with Crippen molar-refractivity contribution in [3.8, 4) is 5.75 Å². The fourth-order valence-electron chi connectivity index (χ4n) is 1.78. The smallest absolute Gasteiger partial charge is 0.142 e. The van der Waals surface area contributed by atoms with Crippen LogP contribution in [0.1, 0.15) is 11.6 Å². The summed E-state index contributed by atoms with van der Waals surface area (Å²) < 4.78 is 5.55. The summed E-state index contributed by atoms with van der Waals surface area (Å²) in [7, 11) is 0. The van der Waals surface area contributed by atoms with E-state index in [-0.39, 0.29) is 6.04 Å². The normalized spacial score (nSPS) is 20.5. The van der Waals surface area contributed by atoms with E-state index in [9.17, 15) is 4.79 Å². The molecule has 1 aromatic rings. The molecule has 1 aliphatic rings. The number of thiol groups is 1. The largest absolute Gasteiger partial charge is 0.478 e. The van der Waals surface area contributed by atoms with Crippen molar-refractivity contribution < 1.29 is 9.53 Å². The highest BCUT2D eigenvalue weighted by molar-refractivity contribution is 7.80. The molecule has 1 heterocycles. The average molecular weight is 223 g/mol. The Morgan fingerprint density at radius 3 is 3.07 bits per heavy atom. The van der Waals surface area contributed by atoms with Crippen LogP contribution in [0.3, 0.4) is 0 Å². The van der Waals surface area contributed by atoms with E-state index < -0.39 is 0 Å². The fraction of sp³-hybridized carbons (Fsp3) is 0.364. The number of para-hydroxylation sites is 1. The molecule has 2 rings (SSSR count). The van der Waals surface area contributed by atoms with Crippen LogP contribution in [0.5, 0.6) is 5.75 Å². The second kappa shape index (κ2) is 4.68. The number of rotatable bonds is 3. The molecule has 0 spiro atoms. The van der Waals surface area contributed by atoms with Crippen molar-refractivity contribution in [2.24, 2.45) is 0 Å². The van der Waals surface area contributed by atoms with Gasteiger partial charge in [-0.1, -0.05) is 18.2 Å². The van der Waals surface area contributed by atoms with Gasteiger partial charge in [0.25, 0.3) is 0 Å². The van der Waals surface area contributed by atoms with Crippen molar-refractivity contribution in [3.05, 3.63) is 29.8 Å². The molecule has 1 aromatic carbocycles. The van der Waals surface area contributed by atoms with Crippen molar-refractivity contribution in [2.75, 3.05) is 19.0 Å². The summed E-state index contributed by atoms with van der Waals surface area (Å²) in [5.41, 5.74) is 0.945. The highest BCUT2D eigenvalue weighted by Crippen LogP contribution is 2.31. The Morgan fingerprint density at radius 1 is 1.53 bits per heavy atom. The van der Waals surface area contributed by atoms with Crippen LogP contribution in [0.4, 0.5) is 0 Å². The number of hydrogen-bond acceptors (Lipinski definition) is 4. The molecule has 0 bridgehead atoms. The van der Waals surface area contributed by atoms with Gasteiger partial charge in [0.05, 0.1) is 6.04 Å². The predicted octanol–water partition coefficient (Wildman–Crippen LogP) is 1.51. The van der Waals surface area contributed by atoms with Gasteiger partial charge in [0.2, 0.25) is 0 Å². The van der Waals surface area contributed by atoms with E-state index in [0.29, 0.717) is 6.73 Å². The molecule has 0 N–H and O–H groups in total. The lowest BCUT2D eigenvalue weighted by Gasteiger charge is -2.33. The van der Waals surface area contributed by atoms with E-state index in [1.165, 1.54) is 0 Å². The van der Waals surface area contributed by atoms with Crippen molar-refractivity contribution in [3.63, 3.8) is 0 Å². The minimum atomic E-state index is -0.193. The average Bonchev–Trinajstić information content (AvgIpc) is 2.29. The van der Waals surface area contributed by atoms with Gasteiger partial charge in [0.15, 0.2) is 0 Å². The van der Waals surface area contributed by atoms with E-state index in [4.69, 9.17) is 4.74 Å². The SMILES string of the molecule is O=CC1c2ccccc2OCN1CCS. The second-order valence-electron chi connectivity index (χ2n) is 3.43. The fourth-order valence-corrected chi connectivity index (χ4v) is 2.03. The lowest BCUT2D eigenvalue weighted by atomic mass is 10.0. The van der Waals surface area contributed by atoms with Crippen molar-refractivity contribution >= 4 is 18.9 Å². The molecule has 0 radical (unpaired) electrons. The number of fused-ring (bicyclic) bond motifs is 1. The van der Waals surface area contributed by atoms with Gasteiger partial charge in [-0.3, -0.25) is 4.90 Å². The molecule has 0 saturated carbocycles. The van der Waals surface area contributed by atoms with Gasteiger partial charge in [-0.2, -0.15) is 12.6 Å². The maximum Gasteiger partial charge on any atom is 0.142 e.